The largest absolute Gasteiger partial charge is 0.393 e. The fourth-order valence-corrected chi connectivity index (χ4v) is 5.84. The van der Waals surface area contributed by atoms with Gasteiger partial charge in [-0.15, -0.1) is 0 Å². The van der Waals surface area contributed by atoms with Crippen molar-refractivity contribution in [3.05, 3.63) is 0 Å². The molecule has 0 aliphatic heterocycles. The van der Waals surface area contributed by atoms with Gasteiger partial charge in [0.25, 0.3) is 0 Å². The summed E-state index contributed by atoms with van der Waals surface area (Å²) in [6, 6.07) is 0. The molecule has 0 aromatic carbocycles. The predicted octanol–water partition coefficient (Wildman–Crippen LogP) is 5.91. The monoisotopic (exact) mass is 374 g/mol. The normalized spacial score (nSPS) is 26.5. The fourth-order valence-electron chi connectivity index (χ4n) is 2.77. The third-order valence-electron chi connectivity index (χ3n) is 6.67. The van der Waals surface area contributed by atoms with Crippen LogP contribution in [-0.2, 0) is 8.85 Å². The summed E-state index contributed by atoms with van der Waals surface area (Å²) < 4.78 is 13.9. The second kappa shape index (κ2) is 6.80. The second-order valence-corrected chi connectivity index (χ2v) is 20.3. The average Bonchev–Trinajstić information content (AvgIpc) is 2.30. The molecule has 0 saturated heterocycles. The van der Waals surface area contributed by atoms with Gasteiger partial charge in [0.05, 0.1) is 6.10 Å². The van der Waals surface area contributed by atoms with Gasteiger partial charge in [-0.05, 0) is 49.1 Å². The lowest BCUT2D eigenvalue weighted by molar-refractivity contribution is -0.206. The highest BCUT2D eigenvalue weighted by atomic mass is 28.4. The molecule has 1 aliphatic rings. The molecule has 0 radical (unpaired) electrons. The van der Waals surface area contributed by atoms with Crippen molar-refractivity contribution in [1.29, 1.82) is 0 Å². The Morgan fingerprint density at radius 2 is 1.21 bits per heavy atom. The minimum absolute atomic E-state index is 0.124. The van der Waals surface area contributed by atoms with Gasteiger partial charge in [0.2, 0.25) is 0 Å². The van der Waals surface area contributed by atoms with E-state index in [1.807, 2.05) is 0 Å². The van der Waals surface area contributed by atoms with Crippen LogP contribution in [0.25, 0.3) is 0 Å². The summed E-state index contributed by atoms with van der Waals surface area (Å²) in [5.74, 6) is -0.326. The molecule has 144 valence electrons. The lowest BCUT2D eigenvalue weighted by atomic mass is 9.83. The predicted molar refractivity (Wildman–Crippen MR) is 108 cm³/mol. The van der Waals surface area contributed by atoms with Gasteiger partial charge in [0.15, 0.2) is 22.4 Å². The first-order valence-corrected chi connectivity index (χ1v) is 15.3. The van der Waals surface area contributed by atoms with E-state index < -0.39 is 22.4 Å². The van der Waals surface area contributed by atoms with Crippen molar-refractivity contribution >= 4 is 16.6 Å². The molecule has 2 atom stereocenters. The van der Waals surface area contributed by atoms with E-state index in [1.165, 1.54) is 0 Å². The Morgan fingerprint density at radius 3 is 1.54 bits per heavy atom. The van der Waals surface area contributed by atoms with Gasteiger partial charge >= 0.3 is 0 Å². The van der Waals surface area contributed by atoms with Crippen molar-refractivity contribution in [2.45, 2.75) is 116 Å². The standard InChI is InChI=1S/C19H42O3Si2/c1-15-12-13-16(20)14-19(15,21-23(8,9)17(2,3)4)22-24(10,11)18(5,6)7/h15-16,20H,12-14H2,1-11H3. The van der Waals surface area contributed by atoms with Gasteiger partial charge in [-0.2, -0.15) is 0 Å². The SMILES string of the molecule is CC1CCC(O)CC1(O[Si](C)(C)C(C)(C)C)O[Si](C)(C)C(C)(C)C. The van der Waals surface area contributed by atoms with Gasteiger partial charge in [0, 0.05) is 12.3 Å². The van der Waals surface area contributed by atoms with Crippen LogP contribution in [0, 0.1) is 5.92 Å². The van der Waals surface area contributed by atoms with E-state index in [9.17, 15) is 5.11 Å². The number of rotatable bonds is 4. The van der Waals surface area contributed by atoms with Crippen LogP contribution in [0.4, 0.5) is 0 Å². The maximum Gasteiger partial charge on any atom is 0.195 e. The van der Waals surface area contributed by atoms with Crippen molar-refractivity contribution in [3.8, 4) is 0 Å². The lowest BCUT2D eigenvalue weighted by Crippen LogP contribution is -2.61. The van der Waals surface area contributed by atoms with Crippen LogP contribution in [0.15, 0.2) is 0 Å². The molecule has 2 unspecified atom stereocenters. The first kappa shape index (κ1) is 22.4. The Balaban J connectivity index is 3.28. The third kappa shape index (κ3) is 4.73. The molecule has 0 aromatic rings. The first-order chi connectivity index (χ1) is 10.4. The van der Waals surface area contributed by atoms with Crippen molar-refractivity contribution in [2.75, 3.05) is 0 Å². The zero-order valence-electron chi connectivity index (χ0n) is 18.0. The van der Waals surface area contributed by atoms with E-state index >= 15 is 0 Å². The van der Waals surface area contributed by atoms with Crippen LogP contribution in [0.2, 0.25) is 36.3 Å². The molecule has 1 fully saturated rings. The van der Waals surface area contributed by atoms with Crippen LogP contribution < -0.4 is 0 Å². The Bertz CT molecular complexity index is 405. The minimum atomic E-state index is -2.01. The number of aliphatic hydroxyl groups is 1. The summed E-state index contributed by atoms with van der Waals surface area (Å²) in [5, 5.41) is 10.7. The zero-order valence-corrected chi connectivity index (χ0v) is 20.0. The quantitative estimate of drug-likeness (QED) is 0.491. The van der Waals surface area contributed by atoms with E-state index in [-0.39, 0.29) is 16.2 Å². The van der Waals surface area contributed by atoms with Gasteiger partial charge in [0.1, 0.15) is 0 Å². The van der Waals surface area contributed by atoms with Gasteiger partial charge in [-0.1, -0.05) is 48.5 Å². The van der Waals surface area contributed by atoms with Gasteiger partial charge in [-0.25, -0.2) is 0 Å². The molecule has 0 aromatic heterocycles. The molecule has 1 aliphatic carbocycles. The van der Waals surface area contributed by atoms with Crippen LogP contribution in [0.3, 0.4) is 0 Å². The number of hydrogen-bond acceptors (Lipinski definition) is 3. The molecule has 0 heterocycles. The van der Waals surface area contributed by atoms with Crippen molar-refractivity contribution in [3.63, 3.8) is 0 Å². The molecule has 1 saturated carbocycles. The highest BCUT2D eigenvalue weighted by Crippen LogP contribution is 2.49. The summed E-state index contributed by atoms with van der Waals surface area (Å²) in [6.07, 6.45) is 2.10. The third-order valence-corrected chi connectivity index (χ3v) is 15.6. The summed E-state index contributed by atoms with van der Waals surface area (Å²) in [5.41, 5.74) is 0. The molecule has 0 spiro atoms. The van der Waals surface area contributed by atoms with E-state index in [1.54, 1.807) is 0 Å². The van der Waals surface area contributed by atoms with E-state index in [0.29, 0.717) is 12.3 Å². The summed E-state index contributed by atoms with van der Waals surface area (Å²) in [6.45, 7) is 25.0. The molecular formula is C19H42O3Si2. The van der Waals surface area contributed by atoms with Crippen LogP contribution >= 0.6 is 0 Å². The summed E-state index contributed by atoms with van der Waals surface area (Å²) >= 11 is 0. The number of hydrogen-bond donors (Lipinski definition) is 1. The van der Waals surface area contributed by atoms with Crippen molar-refractivity contribution < 1.29 is 14.0 Å². The molecule has 24 heavy (non-hydrogen) atoms. The average molecular weight is 375 g/mol. The molecule has 1 rings (SSSR count). The highest BCUT2D eigenvalue weighted by Gasteiger charge is 2.54. The van der Waals surface area contributed by atoms with Crippen molar-refractivity contribution in [2.24, 2.45) is 5.92 Å². The van der Waals surface area contributed by atoms with Crippen molar-refractivity contribution in [1.82, 2.24) is 0 Å². The minimum Gasteiger partial charge on any atom is -0.393 e. The topological polar surface area (TPSA) is 38.7 Å². The highest BCUT2D eigenvalue weighted by molar-refractivity contribution is 6.75. The smallest absolute Gasteiger partial charge is 0.195 e. The van der Waals surface area contributed by atoms with Gasteiger partial charge < -0.3 is 14.0 Å². The van der Waals surface area contributed by atoms with Crippen LogP contribution in [-0.4, -0.2) is 33.6 Å². The summed E-state index contributed by atoms with van der Waals surface area (Å²) in [7, 11) is -4.02. The van der Waals surface area contributed by atoms with E-state index in [4.69, 9.17) is 8.85 Å². The molecule has 1 N–H and O–H groups in total. The zero-order chi connectivity index (χ0) is 19.2. The van der Waals surface area contributed by atoms with E-state index in [2.05, 4.69) is 74.7 Å². The second-order valence-electron chi connectivity index (χ2n) is 10.9. The Hall–Kier alpha value is 0.314. The molecule has 0 amide bonds. The fraction of sp³-hybridized carbons (Fsp3) is 1.00. The maximum atomic E-state index is 10.4. The molecule has 5 heteroatoms. The first-order valence-electron chi connectivity index (χ1n) is 9.52. The maximum absolute atomic E-state index is 10.4. The van der Waals surface area contributed by atoms with Gasteiger partial charge in [-0.3, -0.25) is 0 Å². The molecule has 0 bridgehead atoms. The summed E-state index contributed by atoms with van der Waals surface area (Å²) in [4.78, 5) is 0. The molecular weight excluding hydrogens is 332 g/mol. The van der Waals surface area contributed by atoms with E-state index in [0.717, 1.165) is 12.8 Å². The molecule has 3 nitrogen and oxygen atoms in total. The van der Waals surface area contributed by atoms with Crippen LogP contribution in [0.1, 0.15) is 67.7 Å². The Morgan fingerprint density at radius 1 is 0.833 bits per heavy atom. The Labute approximate surface area is 152 Å². The lowest BCUT2D eigenvalue weighted by Gasteiger charge is -2.55. The van der Waals surface area contributed by atoms with Crippen LogP contribution in [0.5, 0.6) is 0 Å². The number of aliphatic hydroxyl groups excluding tert-OH is 1. The Kier molecular flexibility index (Phi) is 6.33.